The zero-order chi connectivity index (χ0) is 14.2. The van der Waals surface area contributed by atoms with Gasteiger partial charge in [-0.05, 0) is 54.6 Å². The molecule has 3 atom stereocenters. The standard InChI is InChI=1S/C19H29N/c1-14-10-11-18(17-9-5-4-8-16(14)17)20-15-7-6-12-19(2,3)13-15/h4-5,8-9,14-15,18,20H,6-7,10-13H2,1-3H3. The highest BCUT2D eigenvalue weighted by atomic mass is 15.0. The Morgan fingerprint density at radius 3 is 2.55 bits per heavy atom. The Morgan fingerprint density at radius 2 is 1.80 bits per heavy atom. The van der Waals surface area contributed by atoms with Crippen LogP contribution in [0.5, 0.6) is 0 Å². The highest BCUT2D eigenvalue weighted by Crippen LogP contribution is 2.40. The molecule has 1 aromatic carbocycles. The molecule has 3 rings (SSSR count). The molecule has 110 valence electrons. The van der Waals surface area contributed by atoms with Gasteiger partial charge in [-0.2, -0.15) is 0 Å². The van der Waals surface area contributed by atoms with Crippen molar-refractivity contribution >= 4 is 0 Å². The fourth-order valence-electron chi connectivity index (χ4n) is 4.30. The van der Waals surface area contributed by atoms with Gasteiger partial charge in [0.15, 0.2) is 0 Å². The summed E-state index contributed by atoms with van der Waals surface area (Å²) in [6.45, 7) is 7.23. The van der Waals surface area contributed by atoms with Gasteiger partial charge >= 0.3 is 0 Å². The van der Waals surface area contributed by atoms with Crippen LogP contribution < -0.4 is 5.32 Å². The summed E-state index contributed by atoms with van der Waals surface area (Å²) in [5.74, 6) is 0.729. The molecule has 0 radical (unpaired) electrons. The van der Waals surface area contributed by atoms with Gasteiger partial charge in [0.2, 0.25) is 0 Å². The predicted octanol–water partition coefficient (Wildman–Crippen LogP) is 5.18. The van der Waals surface area contributed by atoms with Gasteiger partial charge in [0.1, 0.15) is 0 Å². The lowest BCUT2D eigenvalue weighted by molar-refractivity contribution is 0.185. The topological polar surface area (TPSA) is 12.0 Å². The minimum Gasteiger partial charge on any atom is -0.307 e. The molecule has 1 heteroatoms. The fourth-order valence-corrected chi connectivity index (χ4v) is 4.30. The van der Waals surface area contributed by atoms with E-state index in [1.165, 1.54) is 38.5 Å². The maximum Gasteiger partial charge on any atom is 0.0325 e. The van der Waals surface area contributed by atoms with Crippen LogP contribution in [0.3, 0.4) is 0 Å². The minimum absolute atomic E-state index is 0.525. The summed E-state index contributed by atoms with van der Waals surface area (Å²) in [7, 11) is 0. The number of rotatable bonds is 2. The number of hydrogen-bond donors (Lipinski definition) is 1. The maximum absolute atomic E-state index is 3.99. The molecule has 2 aliphatic carbocycles. The van der Waals surface area contributed by atoms with Crippen LogP contribution in [0.1, 0.15) is 82.4 Å². The average molecular weight is 271 g/mol. The summed E-state index contributed by atoms with van der Waals surface area (Å²) in [5, 5.41) is 3.99. The molecular weight excluding hydrogens is 242 g/mol. The van der Waals surface area contributed by atoms with Crippen LogP contribution in [0, 0.1) is 5.41 Å². The molecule has 1 aromatic rings. The maximum atomic E-state index is 3.99. The summed E-state index contributed by atoms with van der Waals surface area (Å²) >= 11 is 0. The lowest BCUT2D eigenvalue weighted by Crippen LogP contribution is -2.40. The number of benzene rings is 1. The first kappa shape index (κ1) is 14.1. The largest absolute Gasteiger partial charge is 0.307 e. The second-order valence-corrected chi connectivity index (χ2v) is 7.78. The lowest BCUT2D eigenvalue weighted by atomic mass is 9.74. The van der Waals surface area contributed by atoms with Crippen molar-refractivity contribution in [1.29, 1.82) is 0 Å². The van der Waals surface area contributed by atoms with Crippen molar-refractivity contribution in [2.24, 2.45) is 5.41 Å². The van der Waals surface area contributed by atoms with Crippen molar-refractivity contribution in [2.45, 2.75) is 77.3 Å². The SMILES string of the molecule is CC1CCC(NC2CCCC(C)(C)C2)c2ccccc21. The van der Waals surface area contributed by atoms with Gasteiger partial charge in [0.25, 0.3) is 0 Å². The average Bonchev–Trinajstić information content (AvgIpc) is 2.41. The Hall–Kier alpha value is -0.820. The van der Waals surface area contributed by atoms with Crippen LogP contribution in [0.2, 0.25) is 0 Å². The predicted molar refractivity (Wildman–Crippen MR) is 86.0 cm³/mol. The Balaban J connectivity index is 1.74. The molecule has 2 aliphatic rings. The summed E-state index contributed by atoms with van der Waals surface area (Å²) in [4.78, 5) is 0. The zero-order valence-corrected chi connectivity index (χ0v) is 13.3. The second-order valence-electron chi connectivity index (χ2n) is 7.78. The van der Waals surface area contributed by atoms with Crippen molar-refractivity contribution in [3.8, 4) is 0 Å². The minimum atomic E-state index is 0.525. The Bertz CT molecular complexity index is 463. The van der Waals surface area contributed by atoms with Crippen molar-refractivity contribution in [1.82, 2.24) is 5.32 Å². The van der Waals surface area contributed by atoms with Gasteiger partial charge in [-0.15, -0.1) is 0 Å². The molecule has 20 heavy (non-hydrogen) atoms. The van der Waals surface area contributed by atoms with E-state index in [1.54, 1.807) is 11.1 Å². The molecule has 0 amide bonds. The van der Waals surface area contributed by atoms with E-state index in [2.05, 4.69) is 50.4 Å². The van der Waals surface area contributed by atoms with Gasteiger partial charge < -0.3 is 5.32 Å². The van der Waals surface area contributed by atoms with E-state index in [4.69, 9.17) is 0 Å². The smallest absolute Gasteiger partial charge is 0.0325 e. The van der Waals surface area contributed by atoms with Crippen LogP contribution in [-0.2, 0) is 0 Å². The van der Waals surface area contributed by atoms with E-state index in [9.17, 15) is 0 Å². The van der Waals surface area contributed by atoms with Gasteiger partial charge in [-0.3, -0.25) is 0 Å². The number of fused-ring (bicyclic) bond motifs is 1. The van der Waals surface area contributed by atoms with Crippen LogP contribution in [0.15, 0.2) is 24.3 Å². The third-order valence-electron chi connectivity index (χ3n) is 5.43. The second kappa shape index (κ2) is 5.52. The number of hydrogen-bond acceptors (Lipinski definition) is 1. The summed E-state index contributed by atoms with van der Waals surface area (Å²) in [6, 6.07) is 10.4. The molecule has 0 aromatic heterocycles. The first-order chi connectivity index (χ1) is 9.55. The Kier molecular flexibility index (Phi) is 3.90. The molecule has 0 aliphatic heterocycles. The molecule has 3 unspecified atom stereocenters. The quantitative estimate of drug-likeness (QED) is 0.781. The van der Waals surface area contributed by atoms with Crippen LogP contribution in [-0.4, -0.2) is 6.04 Å². The summed E-state index contributed by atoms with van der Waals surface area (Å²) < 4.78 is 0. The van der Waals surface area contributed by atoms with Gasteiger partial charge in [-0.25, -0.2) is 0 Å². The molecular formula is C19H29N. The molecule has 0 heterocycles. The third kappa shape index (κ3) is 2.93. The van der Waals surface area contributed by atoms with E-state index >= 15 is 0 Å². The first-order valence-electron chi connectivity index (χ1n) is 8.40. The van der Waals surface area contributed by atoms with Crippen molar-refractivity contribution in [2.75, 3.05) is 0 Å². The zero-order valence-electron chi connectivity index (χ0n) is 13.3. The van der Waals surface area contributed by atoms with Gasteiger partial charge in [0, 0.05) is 12.1 Å². The first-order valence-corrected chi connectivity index (χ1v) is 8.40. The van der Waals surface area contributed by atoms with Crippen LogP contribution in [0.4, 0.5) is 0 Å². The van der Waals surface area contributed by atoms with E-state index in [0.29, 0.717) is 17.5 Å². The van der Waals surface area contributed by atoms with E-state index in [0.717, 1.165) is 5.92 Å². The van der Waals surface area contributed by atoms with E-state index in [-0.39, 0.29) is 0 Å². The van der Waals surface area contributed by atoms with Crippen molar-refractivity contribution in [3.63, 3.8) is 0 Å². The molecule has 0 bridgehead atoms. The molecule has 0 spiro atoms. The molecule has 1 N–H and O–H groups in total. The highest BCUT2D eigenvalue weighted by molar-refractivity contribution is 5.35. The van der Waals surface area contributed by atoms with Crippen LogP contribution in [0.25, 0.3) is 0 Å². The Morgan fingerprint density at radius 1 is 1.05 bits per heavy atom. The number of nitrogens with one attached hydrogen (secondary N) is 1. The van der Waals surface area contributed by atoms with E-state index in [1.807, 2.05) is 0 Å². The van der Waals surface area contributed by atoms with Gasteiger partial charge in [-0.1, -0.05) is 51.5 Å². The molecule has 1 nitrogen and oxygen atoms in total. The monoisotopic (exact) mass is 271 g/mol. The third-order valence-corrected chi connectivity index (χ3v) is 5.43. The van der Waals surface area contributed by atoms with Crippen molar-refractivity contribution in [3.05, 3.63) is 35.4 Å². The Labute approximate surface area is 124 Å². The summed E-state index contributed by atoms with van der Waals surface area (Å²) in [5.41, 5.74) is 3.66. The molecule has 1 fully saturated rings. The van der Waals surface area contributed by atoms with Crippen LogP contribution >= 0.6 is 0 Å². The molecule has 0 saturated heterocycles. The summed E-state index contributed by atoms with van der Waals surface area (Å²) in [6.07, 6.45) is 8.09. The van der Waals surface area contributed by atoms with Crippen molar-refractivity contribution < 1.29 is 0 Å². The fraction of sp³-hybridized carbons (Fsp3) is 0.684. The lowest BCUT2D eigenvalue weighted by Gasteiger charge is -2.39. The van der Waals surface area contributed by atoms with Gasteiger partial charge in [0.05, 0.1) is 0 Å². The normalized spacial score (nSPS) is 32.6. The highest BCUT2D eigenvalue weighted by Gasteiger charge is 2.31. The van der Waals surface area contributed by atoms with E-state index < -0.39 is 0 Å². The molecule has 1 saturated carbocycles.